The van der Waals surface area contributed by atoms with Crippen LogP contribution in [0.2, 0.25) is 0 Å². The van der Waals surface area contributed by atoms with Crippen molar-refractivity contribution in [2.75, 3.05) is 13.7 Å². The molecule has 0 saturated heterocycles. The van der Waals surface area contributed by atoms with Gasteiger partial charge in [-0.3, -0.25) is 14.7 Å². The van der Waals surface area contributed by atoms with E-state index in [1.54, 1.807) is 30.0 Å². The lowest BCUT2D eigenvalue weighted by Gasteiger charge is -2.10. The van der Waals surface area contributed by atoms with Gasteiger partial charge < -0.3 is 4.74 Å². The fourth-order valence-electron chi connectivity index (χ4n) is 3.38. The van der Waals surface area contributed by atoms with Gasteiger partial charge in [0.2, 0.25) is 0 Å². The lowest BCUT2D eigenvalue weighted by molar-refractivity contribution is -0.144. The van der Waals surface area contributed by atoms with Gasteiger partial charge in [-0.05, 0) is 35.9 Å². The number of aromatic nitrogens is 5. The zero-order chi connectivity index (χ0) is 23.6. The molecule has 4 aromatic rings. The Morgan fingerprint density at radius 2 is 1.88 bits per heavy atom. The number of alkyl halides is 3. The van der Waals surface area contributed by atoms with E-state index in [0.717, 1.165) is 16.3 Å². The van der Waals surface area contributed by atoms with Gasteiger partial charge in [0.15, 0.2) is 0 Å². The van der Waals surface area contributed by atoms with Crippen molar-refractivity contribution in [2.45, 2.75) is 19.3 Å². The summed E-state index contributed by atoms with van der Waals surface area (Å²) in [6.45, 7) is 0.786. The van der Waals surface area contributed by atoms with E-state index in [2.05, 4.69) is 15.4 Å². The number of nitrogens with one attached hydrogen (secondary N) is 1. The van der Waals surface area contributed by atoms with Crippen LogP contribution in [0, 0.1) is 0 Å². The number of ether oxygens (including phenoxy) is 1. The number of halogens is 3. The fourth-order valence-corrected chi connectivity index (χ4v) is 3.38. The highest BCUT2D eigenvalue weighted by Gasteiger charge is 2.36. The number of hydrogen-bond donors (Lipinski definition) is 2. The van der Waals surface area contributed by atoms with Crippen LogP contribution in [0.5, 0.6) is 0 Å². The number of hydroxylamine groups is 1. The maximum atomic E-state index is 13.7. The molecule has 0 aliphatic heterocycles. The smallest absolute Gasteiger partial charge is 0.383 e. The maximum absolute atomic E-state index is 13.7. The second-order valence-corrected chi connectivity index (χ2v) is 7.22. The van der Waals surface area contributed by atoms with Crippen LogP contribution in [0.1, 0.15) is 21.6 Å². The molecule has 2 N–H and O–H groups in total. The molecule has 0 aliphatic carbocycles. The molecular weight excluding hydrogens is 441 g/mol. The van der Waals surface area contributed by atoms with Gasteiger partial charge >= 0.3 is 6.18 Å². The van der Waals surface area contributed by atoms with Gasteiger partial charge in [0.05, 0.1) is 30.9 Å². The Morgan fingerprint density at radius 1 is 1.12 bits per heavy atom. The van der Waals surface area contributed by atoms with Crippen LogP contribution in [0.25, 0.3) is 22.3 Å². The molecule has 0 fully saturated rings. The van der Waals surface area contributed by atoms with Crippen molar-refractivity contribution in [1.29, 1.82) is 0 Å². The monoisotopic (exact) mass is 460 g/mol. The first kappa shape index (κ1) is 22.4. The second-order valence-electron chi connectivity index (χ2n) is 7.22. The minimum absolute atomic E-state index is 0.145. The molecule has 0 aliphatic rings. The Kier molecular flexibility index (Phi) is 6.11. The summed E-state index contributed by atoms with van der Waals surface area (Å²) in [6, 6.07) is 11.8. The summed E-state index contributed by atoms with van der Waals surface area (Å²) in [5.74, 6) is -0.714. The number of carbonyl (C=O) groups excluding carboxylic acids is 1. The zero-order valence-electron chi connectivity index (χ0n) is 17.4. The number of benzene rings is 2. The zero-order valence-corrected chi connectivity index (χ0v) is 17.4. The summed E-state index contributed by atoms with van der Waals surface area (Å²) in [7, 11) is 1.58. The van der Waals surface area contributed by atoms with E-state index >= 15 is 0 Å². The van der Waals surface area contributed by atoms with Crippen LogP contribution in [-0.4, -0.2) is 49.6 Å². The molecule has 2 aromatic carbocycles. The quantitative estimate of drug-likeness (QED) is 0.324. The summed E-state index contributed by atoms with van der Waals surface area (Å²) >= 11 is 0. The first-order valence-corrected chi connectivity index (χ1v) is 9.81. The maximum Gasteiger partial charge on any atom is 0.433 e. The number of rotatable bonds is 7. The van der Waals surface area contributed by atoms with Gasteiger partial charge in [-0.15, -0.1) is 5.10 Å². The Morgan fingerprint density at radius 3 is 2.55 bits per heavy atom. The molecule has 0 unspecified atom stereocenters. The average molecular weight is 460 g/mol. The molecule has 2 aromatic heterocycles. The number of carbonyl (C=O) groups is 1. The minimum Gasteiger partial charge on any atom is -0.383 e. The van der Waals surface area contributed by atoms with Crippen molar-refractivity contribution < 1.29 is 27.9 Å². The second kappa shape index (κ2) is 9.00. The molecule has 33 heavy (non-hydrogen) atoms. The van der Waals surface area contributed by atoms with E-state index in [0.29, 0.717) is 29.8 Å². The predicted octanol–water partition coefficient (Wildman–Crippen LogP) is 3.13. The molecule has 0 saturated carbocycles. The van der Waals surface area contributed by atoms with Crippen molar-refractivity contribution in [3.05, 3.63) is 65.4 Å². The van der Waals surface area contributed by atoms with Gasteiger partial charge in [-0.1, -0.05) is 23.4 Å². The van der Waals surface area contributed by atoms with Crippen molar-refractivity contribution in [2.24, 2.45) is 0 Å². The topological polar surface area (TPSA) is 107 Å². The number of fused-ring (bicyclic) bond motifs is 1. The summed E-state index contributed by atoms with van der Waals surface area (Å²) < 4.78 is 48.6. The van der Waals surface area contributed by atoms with Gasteiger partial charge in [-0.25, -0.2) is 10.2 Å². The molecule has 0 radical (unpaired) electrons. The number of hydrogen-bond acceptors (Lipinski definition) is 6. The Labute approximate surface area is 185 Å². The summed E-state index contributed by atoms with van der Waals surface area (Å²) in [5.41, 5.74) is 3.16. The van der Waals surface area contributed by atoms with Crippen LogP contribution >= 0.6 is 0 Å². The van der Waals surface area contributed by atoms with Gasteiger partial charge in [-0.2, -0.15) is 18.3 Å². The number of nitrogens with zero attached hydrogens (tertiary/aromatic N) is 5. The Balaban J connectivity index is 1.66. The van der Waals surface area contributed by atoms with Crippen LogP contribution in [0.3, 0.4) is 0 Å². The van der Waals surface area contributed by atoms with Crippen molar-refractivity contribution in [1.82, 2.24) is 30.3 Å². The van der Waals surface area contributed by atoms with Crippen molar-refractivity contribution >= 4 is 16.9 Å². The molecule has 2 heterocycles. The lowest BCUT2D eigenvalue weighted by atomic mass is 10.1. The third kappa shape index (κ3) is 4.71. The lowest BCUT2D eigenvalue weighted by Crippen LogP contribution is -2.18. The molecule has 0 bridgehead atoms. The average Bonchev–Trinajstić information content (AvgIpc) is 3.41. The molecule has 9 nitrogen and oxygen atoms in total. The van der Waals surface area contributed by atoms with Crippen LogP contribution in [-0.2, 0) is 24.0 Å². The van der Waals surface area contributed by atoms with Crippen LogP contribution < -0.4 is 5.48 Å². The molecule has 12 heteroatoms. The van der Waals surface area contributed by atoms with Crippen molar-refractivity contribution in [3.63, 3.8) is 0 Å². The minimum atomic E-state index is -4.62. The first-order valence-electron chi connectivity index (χ1n) is 9.81. The van der Waals surface area contributed by atoms with Gasteiger partial charge in [0.1, 0.15) is 11.2 Å². The molecule has 1 amide bonds. The highest BCUT2D eigenvalue weighted by atomic mass is 19.4. The van der Waals surface area contributed by atoms with E-state index in [1.807, 2.05) is 0 Å². The van der Waals surface area contributed by atoms with Gasteiger partial charge in [0.25, 0.3) is 5.91 Å². The van der Waals surface area contributed by atoms with E-state index < -0.39 is 17.8 Å². The van der Waals surface area contributed by atoms with Crippen molar-refractivity contribution in [3.8, 4) is 11.3 Å². The third-order valence-corrected chi connectivity index (χ3v) is 5.04. The largest absolute Gasteiger partial charge is 0.433 e. The standard InChI is InChI=1S/C21H19F3N6O3/c1-33-9-8-29-18-7-6-15(10-17(18)25-28-29)16-11-19(21(22,23)24)30(26-16)12-13-2-4-14(5-3-13)20(31)27-32/h2-7,10-11,32H,8-9,12H2,1H3,(H,27,31). The third-order valence-electron chi connectivity index (χ3n) is 5.04. The number of amides is 1. The SMILES string of the molecule is COCCn1nnc2cc(-c3cc(C(F)(F)F)n(Cc4ccc(C(=O)NO)cc4)n3)ccc21. The number of methoxy groups -OCH3 is 1. The van der Waals surface area contributed by atoms with Crippen LogP contribution in [0.15, 0.2) is 48.5 Å². The molecule has 0 atom stereocenters. The van der Waals surface area contributed by atoms with E-state index in [-0.39, 0.29) is 17.8 Å². The molecule has 0 spiro atoms. The highest BCUT2D eigenvalue weighted by molar-refractivity contribution is 5.93. The normalized spacial score (nSPS) is 11.8. The summed E-state index contributed by atoms with van der Waals surface area (Å²) in [6.07, 6.45) is -4.62. The Bertz CT molecular complexity index is 1280. The predicted molar refractivity (Wildman–Crippen MR) is 110 cm³/mol. The molecule has 4 rings (SSSR count). The molecular formula is C21H19F3N6O3. The van der Waals surface area contributed by atoms with Gasteiger partial charge in [0, 0.05) is 18.2 Å². The highest BCUT2D eigenvalue weighted by Crippen LogP contribution is 2.33. The van der Waals surface area contributed by atoms with E-state index in [9.17, 15) is 18.0 Å². The Hall–Kier alpha value is -3.77. The molecule has 172 valence electrons. The van der Waals surface area contributed by atoms with E-state index in [4.69, 9.17) is 9.94 Å². The van der Waals surface area contributed by atoms with Crippen LogP contribution in [0.4, 0.5) is 13.2 Å². The summed E-state index contributed by atoms with van der Waals surface area (Å²) in [5, 5.41) is 21.0. The fraction of sp³-hybridized carbons (Fsp3) is 0.238. The first-order chi connectivity index (χ1) is 15.8. The summed E-state index contributed by atoms with van der Waals surface area (Å²) in [4.78, 5) is 11.4. The van der Waals surface area contributed by atoms with E-state index in [1.165, 1.54) is 29.7 Å².